The number of likely N-dealkylation sites (N-methyl/N-ethyl adjacent to an activating group) is 1. The second-order valence-electron chi connectivity index (χ2n) is 4.42. The molecule has 6 heteroatoms. The van der Waals surface area contributed by atoms with Crippen LogP contribution in [0.4, 0.5) is 0 Å². The molecule has 0 N–H and O–H groups in total. The van der Waals surface area contributed by atoms with Crippen LogP contribution in [0.15, 0.2) is 38.1 Å². The molecule has 0 atom stereocenters. The molecule has 0 spiro atoms. The van der Waals surface area contributed by atoms with E-state index in [2.05, 4.69) is 38.4 Å². The van der Waals surface area contributed by atoms with Crippen LogP contribution in [0.3, 0.4) is 0 Å². The normalized spacial score (nSPS) is 11.9. The second-order valence-corrected chi connectivity index (χ2v) is 8.04. The third-order valence-electron chi connectivity index (χ3n) is 2.63. The number of rotatable bonds is 5. The summed E-state index contributed by atoms with van der Waals surface area (Å²) >= 11 is 6.70. The molecule has 0 aromatic heterocycles. The fourth-order valence-corrected chi connectivity index (χ4v) is 4.78. The van der Waals surface area contributed by atoms with Crippen LogP contribution in [-0.4, -0.2) is 25.8 Å². The Morgan fingerprint density at radius 2 is 1.89 bits per heavy atom. The van der Waals surface area contributed by atoms with E-state index in [-0.39, 0.29) is 4.90 Å². The summed E-state index contributed by atoms with van der Waals surface area (Å²) in [5.41, 5.74) is 1.79. The molecule has 1 aromatic carbocycles. The van der Waals surface area contributed by atoms with Gasteiger partial charge >= 0.3 is 0 Å². The first kappa shape index (κ1) is 16.9. The number of hydrogen-bond acceptors (Lipinski definition) is 2. The van der Waals surface area contributed by atoms with Gasteiger partial charge in [0.25, 0.3) is 0 Å². The lowest BCUT2D eigenvalue weighted by Gasteiger charge is -2.21. The van der Waals surface area contributed by atoms with Gasteiger partial charge in [-0.05, 0) is 47.5 Å². The molecule has 0 saturated carbocycles. The Balaban J connectivity index is 3.33. The zero-order chi connectivity index (χ0) is 14.8. The first-order valence-electron chi connectivity index (χ1n) is 5.80. The summed E-state index contributed by atoms with van der Waals surface area (Å²) in [6, 6.07) is 3.43. The van der Waals surface area contributed by atoms with Crippen molar-refractivity contribution >= 4 is 41.9 Å². The predicted molar refractivity (Wildman–Crippen MR) is 85.8 cm³/mol. The highest BCUT2D eigenvalue weighted by Gasteiger charge is 2.26. The van der Waals surface area contributed by atoms with Gasteiger partial charge in [0.1, 0.15) is 0 Å². The predicted octanol–water partition coefficient (Wildman–Crippen LogP) is 4.11. The number of sulfonamides is 1. The van der Waals surface area contributed by atoms with Gasteiger partial charge in [-0.1, -0.05) is 35.0 Å². The molecule has 0 amide bonds. The number of aryl methyl sites for hydroxylation is 1. The zero-order valence-corrected chi connectivity index (χ0v) is 15.2. The van der Waals surface area contributed by atoms with Crippen molar-refractivity contribution in [2.24, 2.45) is 0 Å². The maximum atomic E-state index is 12.6. The molecule has 1 rings (SSSR count). The first-order valence-corrected chi connectivity index (χ1v) is 8.83. The SMILES string of the molecule is C=C(C)CN(CC)S(=O)(=O)c1cc(Br)c(C)cc1Br. The summed E-state index contributed by atoms with van der Waals surface area (Å²) in [6.07, 6.45) is 0. The van der Waals surface area contributed by atoms with Gasteiger partial charge in [0.15, 0.2) is 0 Å². The molecular formula is C13H17Br2NO2S. The Labute approximate surface area is 132 Å². The van der Waals surface area contributed by atoms with Crippen molar-refractivity contribution in [2.75, 3.05) is 13.1 Å². The average Bonchev–Trinajstić information content (AvgIpc) is 2.30. The summed E-state index contributed by atoms with van der Waals surface area (Å²) in [7, 11) is -3.52. The van der Waals surface area contributed by atoms with Gasteiger partial charge in [0.05, 0.1) is 4.90 Å². The molecule has 0 heterocycles. The van der Waals surface area contributed by atoms with E-state index in [0.717, 1.165) is 15.6 Å². The van der Waals surface area contributed by atoms with Gasteiger partial charge in [0.2, 0.25) is 10.0 Å². The third-order valence-corrected chi connectivity index (χ3v) is 6.36. The molecule has 0 fully saturated rings. The van der Waals surface area contributed by atoms with E-state index in [0.29, 0.717) is 17.6 Å². The molecular weight excluding hydrogens is 394 g/mol. The molecule has 0 bridgehead atoms. The largest absolute Gasteiger partial charge is 0.244 e. The van der Waals surface area contributed by atoms with Crippen LogP contribution in [0.1, 0.15) is 19.4 Å². The van der Waals surface area contributed by atoms with Crippen molar-refractivity contribution in [1.82, 2.24) is 4.31 Å². The Hall–Kier alpha value is -0.170. The Kier molecular flexibility index (Phi) is 5.79. The fourth-order valence-electron chi connectivity index (χ4n) is 1.63. The van der Waals surface area contributed by atoms with E-state index < -0.39 is 10.0 Å². The Bertz CT molecular complexity index is 597. The molecule has 1 aromatic rings. The maximum absolute atomic E-state index is 12.6. The van der Waals surface area contributed by atoms with Gasteiger partial charge < -0.3 is 0 Å². The number of nitrogens with zero attached hydrogens (tertiary/aromatic N) is 1. The van der Waals surface area contributed by atoms with Gasteiger partial charge in [-0.15, -0.1) is 0 Å². The molecule has 0 aliphatic heterocycles. The summed E-state index contributed by atoms with van der Waals surface area (Å²) in [4.78, 5) is 0.271. The van der Waals surface area contributed by atoms with Crippen LogP contribution < -0.4 is 0 Å². The van der Waals surface area contributed by atoms with Crippen LogP contribution in [0.2, 0.25) is 0 Å². The van der Waals surface area contributed by atoms with E-state index in [4.69, 9.17) is 0 Å². The smallest absolute Gasteiger partial charge is 0.207 e. The van der Waals surface area contributed by atoms with Crippen LogP contribution >= 0.6 is 31.9 Å². The lowest BCUT2D eigenvalue weighted by molar-refractivity contribution is 0.452. The van der Waals surface area contributed by atoms with Crippen molar-refractivity contribution in [3.8, 4) is 0 Å². The molecule has 0 radical (unpaired) electrons. The van der Waals surface area contributed by atoms with Crippen molar-refractivity contribution in [2.45, 2.75) is 25.7 Å². The van der Waals surface area contributed by atoms with Crippen LogP contribution in [0.25, 0.3) is 0 Å². The molecule has 3 nitrogen and oxygen atoms in total. The third kappa shape index (κ3) is 3.90. The molecule has 0 aliphatic rings. The van der Waals surface area contributed by atoms with E-state index in [1.54, 1.807) is 12.1 Å². The molecule has 19 heavy (non-hydrogen) atoms. The lowest BCUT2D eigenvalue weighted by atomic mass is 10.2. The monoisotopic (exact) mass is 409 g/mol. The highest BCUT2D eigenvalue weighted by molar-refractivity contribution is 9.11. The Morgan fingerprint density at radius 3 is 2.37 bits per heavy atom. The molecule has 0 saturated heterocycles. The van der Waals surface area contributed by atoms with Crippen LogP contribution in [-0.2, 0) is 10.0 Å². The van der Waals surface area contributed by atoms with E-state index in [1.807, 2.05) is 20.8 Å². The number of halogens is 2. The van der Waals surface area contributed by atoms with Crippen molar-refractivity contribution < 1.29 is 8.42 Å². The lowest BCUT2D eigenvalue weighted by Crippen LogP contribution is -2.32. The van der Waals surface area contributed by atoms with Crippen molar-refractivity contribution in [1.29, 1.82) is 0 Å². The topological polar surface area (TPSA) is 37.4 Å². The first-order chi connectivity index (χ1) is 8.70. The van der Waals surface area contributed by atoms with Crippen LogP contribution in [0, 0.1) is 6.92 Å². The quantitative estimate of drug-likeness (QED) is 0.685. The van der Waals surface area contributed by atoms with Gasteiger partial charge in [-0.3, -0.25) is 0 Å². The van der Waals surface area contributed by atoms with Crippen LogP contribution in [0.5, 0.6) is 0 Å². The van der Waals surface area contributed by atoms with E-state index >= 15 is 0 Å². The Morgan fingerprint density at radius 1 is 1.32 bits per heavy atom. The summed E-state index contributed by atoms with van der Waals surface area (Å²) < 4.78 is 28.0. The molecule has 0 aliphatic carbocycles. The molecule has 106 valence electrons. The summed E-state index contributed by atoms with van der Waals surface area (Å²) in [5.74, 6) is 0. The van der Waals surface area contributed by atoms with Crippen molar-refractivity contribution in [3.05, 3.63) is 38.8 Å². The minimum absolute atomic E-state index is 0.271. The number of benzene rings is 1. The maximum Gasteiger partial charge on any atom is 0.244 e. The molecule has 0 unspecified atom stereocenters. The minimum atomic E-state index is -3.52. The highest BCUT2D eigenvalue weighted by atomic mass is 79.9. The zero-order valence-electron chi connectivity index (χ0n) is 11.2. The second kappa shape index (κ2) is 6.52. The van der Waals surface area contributed by atoms with Gasteiger partial charge in [0, 0.05) is 22.0 Å². The number of hydrogen-bond donors (Lipinski definition) is 0. The average molecular weight is 411 g/mol. The van der Waals surface area contributed by atoms with Gasteiger partial charge in [-0.2, -0.15) is 4.31 Å². The summed E-state index contributed by atoms with van der Waals surface area (Å²) in [6.45, 7) is 10.1. The van der Waals surface area contributed by atoms with E-state index in [1.165, 1.54) is 4.31 Å². The minimum Gasteiger partial charge on any atom is -0.207 e. The fraction of sp³-hybridized carbons (Fsp3) is 0.385. The van der Waals surface area contributed by atoms with Gasteiger partial charge in [-0.25, -0.2) is 8.42 Å². The standard InChI is InChI=1S/C13H17Br2NO2S/c1-5-16(8-9(2)3)19(17,18)13-7-11(14)10(4)6-12(13)15/h6-7H,2,5,8H2,1,3-4H3. The summed E-state index contributed by atoms with van der Waals surface area (Å²) in [5, 5.41) is 0. The van der Waals surface area contributed by atoms with Crippen molar-refractivity contribution in [3.63, 3.8) is 0 Å². The highest BCUT2D eigenvalue weighted by Crippen LogP contribution is 2.30. The van der Waals surface area contributed by atoms with E-state index in [9.17, 15) is 8.42 Å².